The number of aliphatic hydroxyl groups excluding tert-OH is 2. The van der Waals surface area contributed by atoms with Crippen LogP contribution in [0.15, 0.2) is 42.2 Å². The zero-order valence-corrected chi connectivity index (χ0v) is 28.9. The molecule has 2 aromatic carbocycles. The minimum absolute atomic E-state index is 0. The van der Waals surface area contributed by atoms with E-state index in [4.69, 9.17) is 39.1 Å². The quantitative estimate of drug-likeness (QED) is 0.175. The van der Waals surface area contributed by atoms with Gasteiger partial charge in [-0.2, -0.15) is 8.42 Å². The average Bonchev–Trinajstić information content (AvgIpc) is 3.38. The van der Waals surface area contributed by atoms with Gasteiger partial charge in [-0.15, -0.1) is 0 Å². The second-order valence-electron chi connectivity index (χ2n) is 8.94. The monoisotopic (exact) mass is 926 g/mol. The molecule has 244 valence electrons. The first-order valence-electron chi connectivity index (χ1n) is 10.8. The van der Waals surface area contributed by atoms with Gasteiger partial charge in [-0.1, -0.05) is 14.9 Å². The number of hydrogen-bond donors (Lipinski definition) is 6. The second-order valence-corrected chi connectivity index (χ2v) is 13.9. The first-order chi connectivity index (χ1) is 18.7. The molecule has 0 spiro atoms. The molecule has 0 atom stereocenters. The van der Waals surface area contributed by atoms with Gasteiger partial charge in [-0.25, -0.2) is 0 Å². The van der Waals surface area contributed by atoms with E-state index in [1.165, 1.54) is 11.1 Å². The number of aliphatic carboxylic acids is 2. The molecular weight excluding hydrogens is 900 g/mol. The summed E-state index contributed by atoms with van der Waals surface area (Å²) >= 11 is 9.76. The van der Waals surface area contributed by atoms with Crippen molar-refractivity contribution >= 4 is 86.1 Å². The third-order valence-electron chi connectivity index (χ3n) is 6.09. The Kier molecular flexibility index (Phi) is 18.7. The van der Waals surface area contributed by atoms with E-state index in [1.807, 2.05) is 0 Å². The molecule has 0 saturated heterocycles. The molecule has 0 aliphatic heterocycles. The Morgan fingerprint density at radius 3 is 1.07 bits per heavy atom. The van der Waals surface area contributed by atoms with Crippen molar-refractivity contribution in [2.75, 3.05) is 13.2 Å². The third-order valence-corrected chi connectivity index (χ3v) is 9.78. The normalized spacial score (nSPS) is 14.7. The van der Waals surface area contributed by atoms with Gasteiger partial charge in [-0.3, -0.25) is 18.7 Å². The summed E-state index contributed by atoms with van der Waals surface area (Å²) in [5.41, 5.74) is 1.89. The van der Waals surface area contributed by atoms with Crippen LogP contribution in [0.25, 0.3) is 0 Å². The van der Waals surface area contributed by atoms with Crippen LogP contribution in [-0.4, -0.2) is 63.1 Å². The number of aliphatic hydroxyl groups is 2. The molecule has 4 rings (SSSR count). The molecule has 43 heavy (non-hydrogen) atoms. The maximum absolute atomic E-state index is 11.2. The Labute approximate surface area is 285 Å². The van der Waals surface area contributed by atoms with E-state index >= 15 is 0 Å². The molecule has 19 heteroatoms. The van der Waals surface area contributed by atoms with Crippen LogP contribution in [0.3, 0.4) is 0 Å². The standard InChI is InChI=1S/C11H8Br2O4.C11H12Br2O2.2CH4.Cr.H2O4S.3O/c12-7-1-5-3-11(9(14)15,10(16)17)4-6(5)2-8(7)13;12-9-1-7-3-11(5-14,6-15)4-8(7)2-10(9)13;;;;1-5(2,3)4;;;/h1-2H,3-4H2,(H,14,15)(H,16,17);1-2,14-15H,3-6H2;2*1H4;;(H2,1,2,3,4);;;. The Bertz CT molecular complexity index is 1430. The van der Waals surface area contributed by atoms with Gasteiger partial charge >= 0.3 is 47.7 Å². The van der Waals surface area contributed by atoms with Gasteiger partial charge in [-0.05, 0) is 136 Å². The molecule has 13 nitrogen and oxygen atoms in total. The summed E-state index contributed by atoms with van der Waals surface area (Å²) in [7, 11) is -4.67. The first-order valence-corrected chi connectivity index (χ1v) is 16.9. The molecular formula is C24H30Br4CrO13S. The summed E-state index contributed by atoms with van der Waals surface area (Å²) in [5, 5.41) is 37.0. The van der Waals surface area contributed by atoms with Gasteiger partial charge in [0.25, 0.3) is 0 Å². The summed E-state index contributed by atoms with van der Waals surface area (Å²) < 4.78 is 60.8. The summed E-state index contributed by atoms with van der Waals surface area (Å²) in [6.07, 6.45) is 1.56. The van der Waals surface area contributed by atoms with Crippen molar-refractivity contribution in [3.05, 3.63) is 64.4 Å². The summed E-state index contributed by atoms with van der Waals surface area (Å²) in [6.45, 7) is 0.0703. The molecule has 0 fully saturated rings. The first kappa shape index (κ1) is 44.1. The van der Waals surface area contributed by atoms with Crippen LogP contribution in [-0.2, 0) is 71.0 Å². The van der Waals surface area contributed by atoms with Crippen LogP contribution < -0.4 is 0 Å². The summed E-state index contributed by atoms with van der Waals surface area (Å²) in [5.74, 6) is -2.57. The molecule has 0 unspecified atom stereocenters. The Balaban J connectivity index is 0. The fourth-order valence-electron chi connectivity index (χ4n) is 4.17. The van der Waals surface area contributed by atoms with Crippen LogP contribution in [0.4, 0.5) is 0 Å². The molecule has 6 N–H and O–H groups in total. The van der Waals surface area contributed by atoms with E-state index in [0.717, 1.165) is 41.9 Å². The van der Waals surface area contributed by atoms with Gasteiger partial charge < -0.3 is 20.4 Å². The third kappa shape index (κ3) is 13.1. The Hall–Kier alpha value is -0.978. The van der Waals surface area contributed by atoms with E-state index in [9.17, 15) is 19.8 Å². The van der Waals surface area contributed by atoms with E-state index in [2.05, 4.69) is 75.9 Å². The van der Waals surface area contributed by atoms with E-state index < -0.39 is 41.7 Å². The van der Waals surface area contributed by atoms with Crippen LogP contribution >= 0.6 is 63.7 Å². The molecule has 2 aliphatic rings. The van der Waals surface area contributed by atoms with Crippen LogP contribution in [0.1, 0.15) is 37.1 Å². The average molecular weight is 930 g/mol. The Morgan fingerprint density at radius 1 is 0.674 bits per heavy atom. The maximum atomic E-state index is 11.2. The Morgan fingerprint density at radius 2 is 0.884 bits per heavy atom. The van der Waals surface area contributed by atoms with Gasteiger partial charge in [0.1, 0.15) is 0 Å². The van der Waals surface area contributed by atoms with Crippen molar-refractivity contribution in [1.29, 1.82) is 0 Å². The molecule has 2 aromatic rings. The number of fused-ring (bicyclic) bond motifs is 2. The predicted molar refractivity (Wildman–Crippen MR) is 163 cm³/mol. The van der Waals surface area contributed by atoms with Crippen molar-refractivity contribution in [2.45, 2.75) is 40.5 Å². The molecule has 2 aliphatic carbocycles. The topological polar surface area (TPSA) is 241 Å². The molecule has 0 aromatic heterocycles. The van der Waals surface area contributed by atoms with Gasteiger partial charge in [0, 0.05) is 23.3 Å². The van der Waals surface area contributed by atoms with Crippen molar-refractivity contribution in [3.63, 3.8) is 0 Å². The molecule has 0 heterocycles. The minimum atomic E-state index is -4.67. The van der Waals surface area contributed by atoms with Crippen molar-refractivity contribution in [2.24, 2.45) is 10.8 Å². The predicted octanol–water partition coefficient (Wildman–Crippen LogP) is 5.01. The number of rotatable bonds is 4. The number of carboxylic acid groups (broad SMARTS) is 2. The van der Waals surface area contributed by atoms with Crippen LogP contribution in [0, 0.1) is 10.8 Å². The van der Waals surface area contributed by atoms with E-state index in [1.54, 1.807) is 12.1 Å². The zero-order valence-electron chi connectivity index (χ0n) is 20.4. The van der Waals surface area contributed by atoms with E-state index in [-0.39, 0.29) is 46.3 Å². The fourth-order valence-corrected chi connectivity index (χ4v) is 5.73. The van der Waals surface area contributed by atoms with Gasteiger partial charge in [0.15, 0.2) is 5.41 Å². The number of carbonyl (C=O) groups is 2. The SMILES string of the molecule is C.C.O=C(O)C1(C(=O)O)Cc2cc(Br)c(Br)cc2C1.O=S(=O)(O)O.OCC1(CO)Cc2cc(Br)c(Br)cc2C1.[O]=[Cr](=[O])=[O]. The van der Waals surface area contributed by atoms with Crippen LogP contribution in [0.2, 0.25) is 0 Å². The van der Waals surface area contributed by atoms with Gasteiger partial charge in [0.05, 0.1) is 13.2 Å². The second kappa shape index (κ2) is 18.2. The van der Waals surface area contributed by atoms with Crippen molar-refractivity contribution < 1.29 is 72.9 Å². The number of halogens is 4. The molecule has 0 radical (unpaired) electrons. The van der Waals surface area contributed by atoms with Crippen LogP contribution in [0.5, 0.6) is 0 Å². The zero-order chi connectivity index (χ0) is 31.9. The number of benzene rings is 2. The summed E-state index contributed by atoms with van der Waals surface area (Å²) in [4.78, 5) is 22.4. The van der Waals surface area contributed by atoms with Crippen molar-refractivity contribution in [1.82, 2.24) is 0 Å². The van der Waals surface area contributed by atoms with Gasteiger partial charge in [0.2, 0.25) is 0 Å². The number of hydrogen-bond acceptors (Lipinski definition) is 9. The van der Waals surface area contributed by atoms with E-state index in [0.29, 0.717) is 0 Å². The summed E-state index contributed by atoms with van der Waals surface area (Å²) in [6, 6.07) is 7.67. The molecule has 0 bridgehead atoms. The van der Waals surface area contributed by atoms with Crippen molar-refractivity contribution in [3.8, 4) is 0 Å². The molecule has 0 saturated carbocycles. The molecule has 0 amide bonds. The fraction of sp³-hybridized carbons (Fsp3) is 0.417. The number of carboxylic acids is 2.